The minimum Gasteiger partial charge on any atom is -0.387 e. The van der Waals surface area contributed by atoms with Crippen molar-refractivity contribution in [2.75, 3.05) is 0 Å². The molecule has 0 aromatic heterocycles. The summed E-state index contributed by atoms with van der Waals surface area (Å²) in [6.45, 7) is 1.22. The minimum atomic E-state index is -1.46. The summed E-state index contributed by atoms with van der Waals surface area (Å²) in [5, 5.41) is 26.8. The summed E-state index contributed by atoms with van der Waals surface area (Å²) >= 11 is 0. The Kier molecular flexibility index (Phi) is 2.24. The van der Waals surface area contributed by atoms with Gasteiger partial charge in [0, 0.05) is 0 Å². The number of hydrogen-bond acceptors (Lipinski definition) is 5. The van der Waals surface area contributed by atoms with Gasteiger partial charge in [-0.1, -0.05) is 0 Å². The van der Waals surface area contributed by atoms with Gasteiger partial charge in [-0.3, -0.25) is 4.79 Å². The smallest absolute Gasteiger partial charge is 0.184 e. The number of Topliss-reactive ketones (excluding diaryl/α,β-unsaturated/α-hetero) is 1. The molecule has 0 spiro atoms. The fraction of sp³-hybridized carbons (Fsp3) is 0.833. The van der Waals surface area contributed by atoms with Crippen LogP contribution in [0.5, 0.6) is 0 Å². The third-order valence-corrected chi connectivity index (χ3v) is 1.64. The van der Waals surface area contributed by atoms with Crippen molar-refractivity contribution in [3.8, 4) is 0 Å². The van der Waals surface area contributed by atoms with Crippen molar-refractivity contribution in [1.29, 1.82) is 0 Å². The second-order valence-corrected chi connectivity index (χ2v) is 2.54. The maximum Gasteiger partial charge on any atom is 0.184 e. The van der Waals surface area contributed by atoms with Gasteiger partial charge in [-0.15, -0.1) is 0 Å². The molecule has 1 aliphatic rings. The molecule has 3 N–H and O–H groups in total. The molecule has 0 amide bonds. The highest BCUT2D eigenvalue weighted by molar-refractivity contribution is 5.81. The van der Waals surface area contributed by atoms with Crippen LogP contribution in [-0.4, -0.2) is 45.7 Å². The molecule has 1 fully saturated rings. The molecule has 1 heterocycles. The highest BCUT2D eigenvalue weighted by Crippen LogP contribution is 2.19. The summed E-state index contributed by atoms with van der Waals surface area (Å²) in [4.78, 5) is 10.6. The number of aliphatic hydroxyl groups excluding tert-OH is 3. The summed E-state index contributed by atoms with van der Waals surface area (Å²) in [7, 11) is 0. The molecule has 0 aromatic carbocycles. The largest absolute Gasteiger partial charge is 0.387 e. The van der Waals surface area contributed by atoms with Crippen molar-refractivity contribution < 1.29 is 24.9 Å². The summed E-state index contributed by atoms with van der Waals surface area (Å²) in [5.41, 5.74) is 0. The Hall–Kier alpha value is -0.490. The quantitative estimate of drug-likeness (QED) is 0.415. The molecule has 0 bridgehead atoms. The molecule has 1 saturated heterocycles. The monoisotopic (exact) mass is 162 g/mol. The minimum absolute atomic E-state index is 0.409. The number of hydrogen-bond donors (Lipinski definition) is 3. The van der Waals surface area contributed by atoms with Crippen LogP contribution in [0, 0.1) is 0 Å². The van der Waals surface area contributed by atoms with Crippen molar-refractivity contribution in [3.63, 3.8) is 0 Å². The molecule has 64 valence electrons. The first-order valence-electron chi connectivity index (χ1n) is 3.24. The number of carbonyl (C=O) groups excluding carboxylic acids is 1. The fourth-order valence-corrected chi connectivity index (χ4v) is 0.995. The van der Waals surface area contributed by atoms with E-state index in [0.717, 1.165) is 0 Å². The van der Waals surface area contributed by atoms with Crippen LogP contribution in [0.15, 0.2) is 0 Å². The number of rotatable bonds is 1. The molecule has 0 aromatic rings. The van der Waals surface area contributed by atoms with E-state index in [9.17, 15) is 4.79 Å². The molecule has 0 radical (unpaired) electrons. The predicted molar refractivity (Wildman–Crippen MR) is 33.6 cm³/mol. The van der Waals surface area contributed by atoms with Crippen molar-refractivity contribution in [2.45, 2.75) is 31.5 Å². The summed E-state index contributed by atoms with van der Waals surface area (Å²) < 4.78 is 4.55. The molecule has 5 nitrogen and oxygen atoms in total. The van der Waals surface area contributed by atoms with Gasteiger partial charge in [0.15, 0.2) is 12.1 Å². The molecule has 0 aliphatic carbocycles. The van der Waals surface area contributed by atoms with Gasteiger partial charge in [-0.25, -0.2) is 0 Å². The van der Waals surface area contributed by atoms with E-state index in [1.807, 2.05) is 0 Å². The first-order chi connectivity index (χ1) is 5.04. The first kappa shape index (κ1) is 8.61. The van der Waals surface area contributed by atoms with E-state index in [-0.39, 0.29) is 0 Å². The van der Waals surface area contributed by atoms with E-state index in [4.69, 9.17) is 15.3 Å². The van der Waals surface area contributed by atoms with Crippen molar-refractivity contribution >= 4 is 5.78 Å². The van der Waals surface area contributed by atoms with Crippen LogP contribution in [-0.2, 0) is 9.53 Å². The van der Waals surface area contributed by atoms with Gasteiger partial charge in [-0.2, -0.15) is 0 Å². The van der Waals surface area contributed by atoms with Gasteiger partial charge < -0.3 is 20.1 Å². The Morgan fingerprint density at radius 3 is 2.00 bits per heavy atom. The van der Waals surface area contributed by atoms with Gasteiger partial charge in [0.1, 0.15) is 18.3 Å². The van der Waals surface area contributed by atoms with Crippen LogP contribution in [0.2, 0.25) is 0 Å². The Balaban J connectivity index is 2.67. The molecule has 4 atom stereocenters. The predicted octanol–water partition coefficient (Wildman–Crippen LogP) is -1.99. The average molecular weight is 162 g/mol. The highest BCUT2D eigenvalue weighted by Gasteiger charge is 2.43. The van der Waals surface area contributed by atoms with Crippen LogP contribution in [0.3, 0.4) is 0 Å². The Labute approximate surface area is 63.2 Å². The SMILES string of the molecule is CC(=O)[C@H]1OC(O)[C@H](O)[C@@H]1O. The molecular formula is C6H10O5. The van der Waals surface area contributed by atoms with Crippen LogP contribution in [0.25, 0.3) is 0 Å². The van der Waals surface area contributed by atoms with E-state index in [0.29, 0.717) is 0 Å². The molecule has 1 rings (SSSR count). The van der Waals surface area contributed by atoms with E-state index >= 15 is 0 Å². The molecule has 1 aliphatic heterocycles. The highest BCUT2D eigenvalue weighted by atomic mass is 16.6. The van der Waals surface area contributed by atoms with E-state index in [2.05, 4.69) is 4.74 Å². The van der Waals surface area contributed by atoms with Crippen LogP contribution < -0.4 is 0 Å². The van der Waals surface area contributed by atoms with Gasteiger partial charge >= 0.3 is 0 Å². The number of ether oxygens (including phenoxy) is 1. The normalized spacial score (nSPS) is 44.4. The zero-order valence-corrected chi connectivity index (χ0v) is 5.97. The van der Waals surface area contributed by atoms with Gasteiger partial charge in [0.05, 0.1) is 0 Å². The van der Waals surface area contributed by atoms with Crippen LogP contribution in [0.4, 0.5) is 0 Å². The third kappa shape index (κ3) is 1.41. The summed E-state index contributed by atoms with van der Waals surface area (Å²) in [6, 6.07) is 0. The second kappa shape index (κ2) is 2.86. The molecule has 11 heavy (non-hydrogen) atoms. The van der Waals surface area contributed by atoms with Crippen LogP contribution in [0.1, 0.15) is 6.92 Å². The molecule has 0 saturated carbocycles. The average Bonchev–Trinajstić information content (AvgIpc) is 2.17. The lowest BCUT2D eigenvalue weighted by molar-refractivity contribution is -0.147. The Morgan fingerprint density at radius 1 is 1.27 bits per heavy atom. The lowest BCUT2D eigenvalue weighted by atomic mass is 10.1. The van der Waals surface area contributed by atoms with Gasteiger partial charge in [-0.05, 0) is 6.92 Å². The fourth-order valence-electron chi connectivity index (χ4n) is 0.995. The van der Waals surface area contributed by atoms with Gasteiger partial charge in [0.2, 0.25) is 0 Å². The third-order valence-electron chi connectivity index (χ3n) is 1.64. The molecule has 1 unspecified atom stereocenters. The lowest BCUT2D eigenvalue weighted by Gasteiger charge is -2.09. The second-order valence-electron chi connectivity index (χ2n) is 2.54. The molecular weight excluding hydrogens is 152 g/mol. The summed E-state index contributed by atoms with van der Waals surface area (Å²) in [6.07, 6.45) is -5.26. The zero-order valence-electron chi connectivity index (χ0n) is 5.97. The molecule has 5 heteroatoms. The van der Waals surface area contributed by atoms with Gasteiger partial charge in [0.25, 0.3) is 0 Å². The van der Waals surface area contributed by atoms with E-state index < -0.39 is 30.4 Å². The lowest BCUT2D eigenvalue weighted by Crippen LogP contribution is -2.35. The Morgan fingerprint density at radius 2 is 1.82 bits per heavy atom. The zero-order chi connectivity index (χ0) is 8.59. The maximum absolute atomic E-state index is 10.6. The maximum atomic E-state index is 10.6. The van der Waals surface area contributed by atoms with Crippen molar-refractivity contribution in [2.24, 2.45) is 0 Å². The van der Waals surface area contributed by atoms with Crippen molar-refractivity contribution in [1.82, 2.24) is 0 Å². The summed E-state index contributed by atoms with van der Waals surface area (Å²) in [5.74, 6) is -0.409. The van der Waals surface area contributed by atoms with E-state index in [1.54, 1.807) is 0 Å². The standard InChI is InChI=1S/C6H10O5/c1-2(7)5-3(8)4(9)6(10)11-5/h3-6,8-10H,1H3/t3-,4+,5+,6?/m0/s1. The number of aliphatic hydroxyl groups is 3. The number of ketones is 1. The topological polar surface area (TPSA) is 87.0 Å². The van der Waals surface area contributed by atoms with Crippen LogP contribution >= 0.6 is 0 Å². The number of carbonyl (C=O) groups is 1. The first-order valence-corrected chi connectivity index (χ1v) is 3.24. The van der Waals surface area contributed by atoms with E-state index in [1.165, 1.54) is 6.92 Å². The Bertz CT molecular complexity index is 168. The van der Waals surface area contributed by atoms with Crippen molar-refractivity contribution in [3.05, 3.63) is 0 Å².